The van der Waals surface area contributed by atoms with Gasteiger partial charge in [0.25, 0.3) is 5.91 Å². The fourth-order valence-corrected chi connectivity index (χ4v) is 4.48. The average molecular weight is 490 g/mol. The molecule has 0 fully saturated rings. The van der Waals surface area contributed by atoms with E-state index in [4.69, 9.17) is 14.2 Å². The molecule has 4 rings (SSSR count). The van der Waals surface area contributed by atoms with Gasteiger partial charge in [-0.1, -0.05) is 72.8 Å². The summed E-state index contributed by atoms with van der Waals surface area (Å²) in [4.78, 5) is 27.5. The molecule has 0 aliphatic carbocycles. The monoisotopic (exact) mass is 489 g/mol. The lowest BCUT2D eigenvalue weighted by Gasteiger charge is -2.37. The van der Waals surface area contributed by atoms with E-state index < -0.39 is 18.1 Å². The summed E-state index contributed by atoms with van der Waals surface area (Å²) < 4.78 is 17.2. The van der Waals surface area contributed by atoms with Crippen molar-refractivity contribution >= 4 is 11.9 Å². The number of aliphatic carboxylic acids is 1. The second-order valence-corrected chi connectivity index (χ2v) is 8.80. The maximum absolute atomic E-state index is 13.7. The number of aryl methyl sites for hydroxylation is 1. The number of fused-ring (bicyclic) bond motifs is 1. The minimum atomic E-state index is -1.06. The zero-order valence-electron chi connectivity index (χ0n) is 20.6. The number of carbonyl (C=O) groups is 2. The summed E-state index contributed by atoms with van der Waals surface area (Å²) in [6, 6.07) is 21.8. The van der Waals surface area contributed by atoms with Crippen LogP contribution in [0.4, 0.5) is 0 Å². The number of hydrogen-bond donors (Lipinski definition) is 1. The molecule has 7 heteroatoms. The largest absolute Gasteiger partial charge is 0.488 e. The average Bonchev–Trinajstić information content (AvgIpc) is 2.90. The molecule has 0 saturated carbocycles. The van der Waals surface area contributed by atoms with Crippen molar-refractivity contribution < 1.29 is 28.9 Å². The minimum Gasteiger partial charge on any atom is -0.488 e. The maximum Gasteiger partial charge on any atom is 0.326 e. The van der Waals surface area contributed by atoms with Crippen LogP contribution in [0.25, 0.3) is 0 Å². The van der Waals surface area contributed by atoms with Crippen LogP contribution in [0.5, 0.6) is 5.75 Å². The molecule has 3 aromatic rings. The summed E-state index contributed by atoms with van der Waals surface area (Å²) in [5.41, 5.74) is 4.33. The summed E-state index contributed by atoms with van der Waals surface area (Å²) in [7, 11) is 1.56. The third-order valence-corrected chi connectivity index (χ3v) is 6.36. The molecule has 1 heterocycles. The Balaban J connectivity index is 1.63. The highest BCUT2D eigenvalue weighted by molar-refractivity contribution is 5.88. The van der Waals surface area contributed by atoms with E-state index in [1.54, 1.807) is 7.11 Å². The lowest BCUT2D eigenvalue weighted by molar-refractivity contribution is -0.158. The fraction of sp³-hybridized carbons (Fsp3) is 0.310. The van der Waals surface area contributed by atoms with E-state index in [0.717, 1.165) is 22.3 Å². The van der Waals surface area contributed by atoms with Crippen molar-refractivity contribution in [3.63, 3.8) is 0 Å². The van der Waals surface area contributed by atoms with Crippen molar-refractivity contribution in [3.05, 3.63) is 101 Å². The third kappa shape index (κ3) is 5.75. The number of carboxylic acids is 1. The SMILES string of the molecule is COCCO[C@H](C(=O)N1Cc2ccc(C)c(OCc3ccccc3)c2C[C@H]1C(=O)O)c1ccccc1. The van der Waals surface area contributed by atoms with Crippen LogP contribution < -0.4 is 4.74 Å². The Morgan fingerprint density at radius 1 is 1.00 bits per heavy atom. The summed E-state index contributed by atoms with van der Waals surface area (Å²) >= 11 is 0. The quantitative estimate of drug-likeness (QED) is 0.427. The molecular weight excluding hydrogens is 458 g/mol. The highest BCUT2D eigenvalue weighted by Gasteiger charge is 2.39. The van der Waals surface area contributed by atoms with Gasteiger partial charge in [-0.2, -0.15) is 0 Å². The first kappa shape index (κ1) is 25.4. The molecule has 188 valence electrons. The Kier molecular flexibility index (Phi) is 8.36. The summed E-state index contributed by atoms with van der Waals surface area (Å²) in [6.45, 7) is 3.01. The topological polar surface area (TPSA) is 85.3 Å². The van der Waals surface area contributed by atoms with E-state index in [2.05, 4.69) is 0 Å². The molecule has 1 amide bonds. The van der Waals surface area contributed by atoms with Crippen molar-refractivity contribution in [2.45, 2.75) is 38.6 Å². The highest BCUT2D eigenvalue weighted by atomic mass is 16.5. The standard InChI is InChI=1S/C29H31NO6/c1-20-13-14-23-18-30(28(31)27(35-16-15-34-2)22-11-7-4-8-12-22)25(29(32)33)17-24(23)26(20)36-19-21-9-5-3-6-10-21/h3-14,25,27H,15-19H2,1-2H3,(H,32,33)/t25-,27-/m0/s1. The van der Waals surface area contributed by atoms with E-state index >= 15 is 0 Å². The minimum absolute atomic E-state index is 0.155. The molecular formula is C29H31NO6. The number of carboxylic acid groups (broad SMARTS) is 1. The maximum atomic E-state index is 13.7. The van der Waals surface area contributed by atoms with Crippen LogP contribution in [-0.4, -0.2) is 48.2 Å². The zero-order valence-corrected chi connectivity index (χ0v) is 20.6. The van der Waals surface area contributed by atoms with Crippen LogP contribution in [0, 0.1) is 6.92 Å². The Bertz CT molecular complexity index is 1180. The van der Waals surface area contributed by atoms with Gasteiger partial charge in [0.1, 0.15) is 18.4 Å². The van der Waals surface area contributed by atoms with E-state index in [1.165, 1.54) is 4.90 Å². The first-order chi connectivity index (χ1) is 17.5. The summed E-state index contributed by atoms with van der Waals surface area (Å²) in [5.74, 6) is -0.762. The number of nitrogens with zero attached hydrogens (tertiary/aromatic N) is 1. The van der Waals surface area contributed by atoms with Crippen molar-refractivity contribution in [1.82, 2.24) is 4.90 Å². The number of amides is 1. The smallest absolute Gasteiger partial charge is 0.326 e. The van der Waals surface area contributed by atoms with Crippen LogP contribution in [0.3, 0.4) is 0 Å². The van der Waals surface area contributed by atoms with Crippen LogP contribution in [0.15, 0.2) is 72.8 Å². The van der Waals surface area contributed by atoms with E-state index in [0.29, 0.717) is 24.5 Å². The van der Waals surface area contributed by atoms with Gasteiger partial charge in [-0.05, 0) is 29.2 Å². The van der Waals surface area contributed by atoms with Gasteiger partial charge >= 0.3 is 5.97 Å². The number of hydrogen-bond acceptors (Lipinski definition) is 5. The van der Waals surface area contributed by atoms with Crippen molar-refractivity contribution in [2.75, 3.05) is 20.3 Å². The number of carbonyl (C=O) groups excluding carboxylic acids is 1. The van der Waals surface area contributed by atoms with Gasteiger partial charge in [0, 0.05) is 25.6 Å². The summed E-state index contributed by atoms with van der Waals surface area (Å²) in [5, 5.41) is 10.1. The molecule has 0 unspecified atom stereocenters. The Labute approximate surface area is 211 Å². The molecule has 2 atom stereocenters. The second kappa shape index (κ2) is 11.8. The second-order valence-electron chi connectivity index (χ2n) is 8.80. The molecule has 0 bridgehead atoms. The number of ether oxygens (including phenoxy) is 3. The van der Waals surface area contributed by atoms with Crippen LogP contribution in [0.1, 0.15) is 33.9 Å². The molecule has 0 saturated heterocycles. The van der Waals surface area contributed by atoms with E-state index in [-0.39, 0.29) is 25.5 Å². The predicted molar refractivity (Wildman–Crippen MR) is 135 cm³/mol. The van der Waals surface area contributed by atoms with Gasteiger partial charge in [0.05, 0.1) is 13.2 Å². The van der Waals surface area contributed by atoms with Crippen molar-refractivity contribution in [2.24, 2.45) is 0 Å². The van der Waals surface area contributed by atoms with E-state index in [9.17, 15) is 14.7 Å². The lowest BCUT2D eigenvalue weighted by atomic mass is 9.90. The molecule has 7 nitrogen and oxygen atoms in total. The van der Waals surface area contributed by atoms with Gasteiger partial charge in [-0.3, -0.25) is 4.79 Å². The van der Waals surface area contributed by atoms with Gasteiger partial charge in [0.15, 0.2) is 6.10 Å². The molecule has 1 N–H and O–H groups in total. The Morgan fingerprint density at radius 3 is 2.36 bits per heavy atom. The first-order valence-electron chi connectivity index (χ1n) is 12.0. The van der Waals surface area contributed by atoms with Crippen molar-refractivity contribution in [1.29, 1.82) is 0 Å². The van der Waals surface area contributed by atoms with Crippen LogP contribution in [0.2, 0.25) is 0 Å². The predicted octanol–water partition coefficient (Wildman–Crippen LogP) is 4.32. The molecule has 0 radical (unpaired) electrons. The molecule has 0 aromatic heterocycles. The molecule has 1 aliphatic heterocycles. The highest BCUT2D eigenvalue weighted by Crippen LogP contribution is 2.36. The Morgan fingerprint density at radius 2 is 1.69 bits per heavy atom. The van der Waals surface area contributed by atoms with Crippen LogP contribution in [-0.2, 0) is 38.6 Å². The normalized spacial score (nSPS) is 15.7. The first-order valence-corrected chi connectivity index (χ1v) is 12.0. The van der Waals surface area contributed by atoms with Gasteiger partial charge in [-0.15, -0.1) is 0 Å². The molecule has 1 aliphatic rings. The Hall–Kier alpha value is -3.68. The van der Waals surface area contributed by atoms with E-state index in [1.807, 2.05) is 79.7 Å². The number of benzene rings is 3. The van der Waals surface area contributed by atoms with Gasteiger partial charge in [0.2, 0.25) is 0 Å². The van der Waals surface area contributed by atoms with Crippen molar-refractivity contribution in [3.8, 4) is 5.75 Å². The zero-order chi connectivity index (χ0) is 25.5. The molecule has 0 spiro atoms. The van der Waals surface area contributed by atoms with Gasteiger partial charge < -0.3 is 24.2 Å². The van der Waals surface area contributed by atoms with Gasteiger partial charge in [-0.25, -0.2) is 4.79 Å². The molecule has 3 aromatic carbocycles. The molecule has 36 heavy (non-hydrogen) atoms. The third-order valence-electron chi connectivity index (χ3n) is 6.36. The number of methoxy groups -OCH3 is 1. The summed E-state index contributed by atoms with van der Waals surface area (Å²) in [6.07, 6.45) is -0.772. The van der Waals surface area contributed by atoms with Crippen LogP contribution >= 0.6 is 0 Å². The lowest BCUT2D eigenvalue weighted by Crippen LogP contribution is -2.50. The fourth-order valence-electron chi connectivity index (χ4n) is 4.48. The number of rotatable bonds is 10.